The first-order valence-electron chi connectivity index (χ1n) is 7.60. The molecule has 2 N–H and O–H groups in total. The highest BCUT2D eigenvalue weighted by Crippen LogP contribution is 2.13. The quantitative estimate of drug-likeness (QED) is 0.749. The number of pyridine rings is 1. The van der Waals surface area contributed by atoms with Crippen molar-refractivity contribution >= 4 is 41.1 Å². The third-order valence-corrected chi connectivity index (χ3v) is 3.17. The van der Waals surface area contributed by atoms with Crippen LogP contribution >= 0.6 is 11.6 Å². The molecule has 1 heterocycles. The lowest BCUT2D eigenvalue weighted by Crippen LogP contribution is -2.21. The van der Waals surface area contributed by atoms with Gasteiger partial charge in [0.25, 0.3) is 5.91 Å². The molecule has 9 heteroatoms. The molecule has 0 fully saturated rings. The monoisotopic (exact) mass is 377 g/mol. The van der Waals surface area contributed by atoms with Crippen LogP contribution in [0.15, 0.2) is 42.6 Å². The highest BCUT2D eigenvalue weighted by atomic mass is 35.5. The second-order valence-electron chi connectivity index (χ2n) is 4.91. The number of hydrogen-bond donors (Lipinski definition) is 2. The fraction of sp³-hybridized carbons (Fsp3) is 0.176. The number of nitrogens with zero attached hydrogens (tertiary/aromatic N) is 1. The predicted molar refractivity (Wildman–Crippen MR) is 95.2 cm³/mol. The Balaban J connectivity index is 1.88. The smallest absolute Gasteiger partial charge is 0.411 e. The van der Waals surface area contributed by atoms with Gasteiger partial charge < -0.3 is 14.8 Å². The van der Waals surface area contributed by atoms with Crippen LogP contribution in [-0.4, -0.2) is 36.2 Å². The number of anilines is 2. The van der Waals surface area contributed by atoms with Gasteiger partial charge in [-0.15, -0.1) is 0 Å². The van der Waals surface area contributed by atoms with E-state index < -0.39 is 24.6 Å². The first-order chi connectivity index (χ1) is 12.5. The molecule has 26 heavy (non-hydrogen) atoms. The minimum atomic E-state index is -0.711. The normalized spacial score (nSPS) is 9.92. The molecule has 0 aliphatic heterocycles. The molecule has 0 saturated carbocycles. The highest BCUT2D eigenvalue weighted by Gasteiger charge is 2.12. The molecule has 136 valence electrons. The van der Waals surface area contributed by atoms with Gasteiger partial charge in [-0.3, -0.25) is 10.1 Å². The molecule has 0 bridgehead atoms. The van der Waals surface area contributed by atoms with E-state index in [4.69, 9.17) is 21.1 Å². The summed E-state index contributed by atoms with van der Waals surface area (Å²) in [5.41, 5.74) is 0.546. The number of amides is 2. The molecule has 1 aromatic carbocycles. The minimum absolute atomic E-state index is 0.178. The van der Waals surface area contributed by atoms with Gasteiger partial charge in [0.1, 0.15) is 5.82 Å². The van der Waals surface area contributed by atoms with Gasteiger partial charge in [-0.1, -0.05) is 17.7 Å². The summed E-state index contributed by atoms with van der Waals surface area (Å²) in [6, 6.07) is 9.16. The Morgan fingerprint density at radius 2 is 1.92 bits per heavy atom. The number of halogens is 1. The fourth-order valence-corrected chi connectivity index (χ4v) is 1.96. The molecule has 0 atom stereocenters. The number of hydrogen-bond acceptors (Lipinski definition) is 6. The Morgan fingerprint density at radius 3 is 2.62 bits per heavy atom. The molecule has 2 rings (SSSR count). The Morgan fingerprint density at radius 1 is 1.12 bits per heavy atom. The number of rotatable bonds is 6. The SMILES string of the molecule is CCOC(=O)Nc1cccc(C(=O)OCC(=O)Nc2ccc(Cl)cn2)c1. The van der Waals surface area contributed by atoms with Gasteiger partial charge in [0.05, 0.1) is 17.2 Å². The number of nitrogens with one attached hydrogen (secondary N) is 2. The van der Waals surface area contributed by atoms with E-state index in [9.17, 15) is 14.4 Å². The number of esters is 1. The third kappa shape index (κ3) is 6.06. The second kappa shape index (κ2) is 9.38. The summed E-state index contributed by atoms with van der Waals surface area (Å²) in [4.78, 5) is 39.1. The summed E-state index contributed by atoms with van der Waals surface area (Å²) in [7, 11) is 0. The molecule has 0 aliphatic carbocycles. The number of carbonyl (C=O) groups excluding carboxylic acids is 3. The Labute approximate surface area is 154 Å². The summed E-state index contributed by atoms with van der Waals surface area (Å²) in [5, 5.41) is 5.38. The maximum absolute atomic E-state index is 12.0. The number of ether oxygens (including phenoxy) is 2. The topological polar surface area (TPSA) is 107 Å². The largest absolute Gasteiger partial charge is 0.452 e. The van der Waals surface area contributed by atoms with E-state index in [0.29, 0.717) is 10.7 Å². The summed E-state index contributed by atoms with van der Waals surface area (Å²) >= 11 is 5.70. The van der Waals surface area contributed by atoms with Crippen LogP contribution in [0.25, 0.3) is 0 Å². The summed E-state index contributed by atoms with van der Waals surface area (Å²) in [6.45, 7) is 1.42. The van der Waals surface area contributed by atoms with E-state index in [-0.39, 0.29) is 18.0 Å². The van der Waals surface area contributed by atoms with E-state index in [0.717, 1.165) is 0 Å². The van der Waals surface area contributed by atoms with Crippen molar-refractivity contribution in [1.29, 1.82) is 0 Å². The van der Waals surface area contributed by atoms with Gasteiger partial charge in [-0.2, -0.15) is 0 Å². The number of carbonyl (C=O) groups is 3. The average molecular weight is 378 g/mol. The van der Waals surface area contributed by atoms with E-state index in [1.807, 2.05) is 0 Å². The van der Waals surface area contributed by atoms with Crippen LogP contribution in [0, 0.1) is 0 Å². The van der Waals surface area contributed by atoms with Crippen molar-refractivity contribution < 1.29 is 23.9 Å². The Kier molecular flexibility index (Phi) is 6.92. The van der Waals surface area contributed by atoms with Crippen LogP contribution in [0.3, 0.4) is 0 Å². The van der Waals surface area contributed by atoms with Crippen LogP contribution < -0.4 is 10.6 Å². The molecule has 0 radical (unpaired) electrons. The predicted octanol–water partition coefficient (Wildman–Crippen LogP) is 3.10. The lowest BCUT2D eigenvalue weighted by Gasteiger charge is -2.08. The standard InChI is InChI=1S/C17H16ClN3O5/c1-2-25-17(24)20-13-5-3-4-11(8-13)16(23)26-10-15(22)21-14-7-6-12(18)9-19-14/h3-9H,2,10H2,1H3,(H,20,24)(H,19,21,22). The molecule has 0 unspecified atom stereocenters. The Hall–Kier alpha value is -3.13. The van der Waals surface area contributed by atoms with E-state index in [1.165, 1.54) is 24.4 Å². The van der Waals surface area contributed by atoms with Gasteiger partial charge in [0, 0.05) is 11.9 Å². The molecule has 0 saturated heterocycles. The van der Waals surface area contributed by atoms with Crippen LogP contribution in [0.5, 0.6) is 0 Å². The molecule has 0 spiro atoms. The van der Waals surface area contributed by atoms with Gasteiger partial charge in [-0.25, -0.2) is 14.6 Å². The minimum Gasteiger partial charge on any atom is -0.452 e. The van der Waals surface area contributed by atoms with Gasteiger partial charge in [-0.05, 0) is 37.3 Å². The van der Waals surface area contributed by atoms with Gasteiger partial charge in [0.2, 0.25) is 0 Å². The zero-order chi connectivity index (χ0) is 18.9. The molecule has 2 aromatic rings. The maximum Gasteiger partial charge on any atom is 0.411 e. The fourth-order valence-electron chi connectivity index (χ4n) is 1.85. The first kappa shape index (κ1) is 19.2. The van der Waals surface area contributed by atoms with Crippen molar-refractivity contribution in [2.24, 2.45) is 0 Å². The molecular weight excluding hydrogens is 362 g/mol. The van der Waals surface area contributed by atoms with Gasteiger partial charge >= 0.3 is 12.1 Å². The molecule has 0 aliphatic rings. The average Bonchev–Trinajstić information content (AvgIpc) is 2.62. The number of benzene rings is 1. The van der Waals surface area contributed by atoms with E-state index in [2.05, 4.69) is 15.6 Å². The first-order valence-corrected chi connectivity index (χ1v) is 7.98. The summed E-state index contributed by atoms with van der Waals surface area (Å²) in [6.07, 6.45) is 0.749. The van der Waals surface area contributed by atoms with Crippen molar-refractivity contribution in [1.82, 2.24) is 4.98 Å². The van der Waals surface area contributed by atoms with Crippen LogP contribution in [0.1, 0.15) is 17.3 Å². The second-order valence-corrected chi connectivity index (χ2v) is 5.35. The van der Waals surface area contributed by atoms with E-state index in [1.54, 1.807) is 25.1 Å². The lowest BCUT2D eigenvalue weighted by atomic mass is 10.2. The zero-order valence-corrected chi connectivity index (χ0v) is 14.6. The van der Waals surface area contributed by atoms with Crippen molar-refractivity contribution in [3.63, 3.8) is 0 Å². The summed E-state index contributed by atoms with van der Waals surface area (Å²) < 4.78 is 9.70. The highest BCUT2D eigenvalue weighted by molar-refractivity contribution is 6.30. The van der Waals surface area contributed by atoms with Crippen molar-refractivity contribution in [2.75, 3.05) is 23.8 Å². The molecular formula is C17H16ClN3O5. The molecule has 8 nitrogen and oxygen atoms in total. The van der Waals surface area contributed by atoms with Crippen molar-refractivity contribution in [3.05, 3.63) is 53.2 Å². The molecule has 2 amide bonds. The van der Waals surface area contributed by atoms with Crippen molar-refractivity contribution in [3.8, 4) is 0 Å². The van der Waals surface area contributed by atoms with Gasteiger partial charge in [0.15, 0.2) is 6.61 Å². The summed E-state index contributed by atoms with van der Waals surface area (Å²) in [5.74, 6) is -0.971. The zero-order valence-electron chi connectivity index (χ0n) is 13.8. The number of aromatic nitrogens is 1. The lowest BCUT2D eigenvalue weighted by molar-refractivity contribution is -0.119. The Bertz CT molecular complexity index is 795. The van der Waals surface area contributed by atoms with Crippen molar-refractivity contribution in [2.45, 2.75) is 6.92 Å². The van der Waals surface area contributed by atoms with Crippen LogP contribution in [0.2, 0.25) is 5.02 Å². The van der Waals surface area contributed by atoms with Crippen LogP contribution in [0.4, 0.5) is 16.3 Å². The third-order valence-electron chi connectivity index (χ3n) is 2.95. The van der Waals surface area contributed by atoms with E-state index >= 15 is 0 Å². The van der Waals surface area contributed by atoms with Crippen LogP contribution in [-0.2, 0) is 14.3 Å². The molecule has 1 aromatic heterocycles. The maximum atomic E-state index is 12.0.